The first-order valence-corrected chi connectivity index (χ1v) is 9.22. The van der Waals surface area contributed by atoms with Crippen LogP contribution in [0.3, 0.4) is 0 Å². The van der Waals surface area contributed by atoms with Gasteiger partial charge in [0.15, 0.2) is 4.32 Å². The van der Waals surface area contributed by atoms with E-state index < -0.39 is 15.9 Å². The summed E-state index contributed by atoms with van der Waals surface area (Å²) < 4.78 is 24.9. The van der Waals surface area contributed by atoms with Gasteiger partial charge in [-0.25, -0.2) is 8.42 Å². The van der Waals surface area contributed by atoms with Crippen molar-refractivity contribution in [2.24, 2.45) is 0 Å². The smallest absolute Gasteiger partial charge is 0.252 e. The lowest BCUT2D eigenvalue weighted by molar-refractivity contribution is -0.120. The molecule has 1 amide bonds. The van der Waals surface area contributed by atoms with Crippen LogP contribution in [0.25, 0.3) is 0 Å². The molecule has 0 aromatic heterocycles. The van der Waals surface area contributed by atoms with Crippen LogP contribution >= 0.6 is 24.0 Å². The first-order valence-electron chi connectivity index (χ1n) is 6.21. The van der Waals surface area contributed by atoms with Crippen LogP contribution in [0.2, 0.25) is 0 Å². The van der Waals surface area contributed by atoms with Crippen LogP contribution in [0, 0.1) is 0 Å². The molecule has 0 atom stereocenters. The van der Waals surface area contributed by atoms with Crippen LogP contribution in [0.5, 0.6) is 0 Å². The van der Waals surface area contributed by atoms with Gasteiger partial charge < -0.3 is 0 Å². The normalized spacial score (nSPS) is 16.6. The van der Waals surface area contributed by atoms with Crippen molar-refractivity contribution in [1.29, 1.82) is 0 Å². The van der Waals surface area contributed by atoms with E-state index in [2.05, 4.69) is 6.92 Å². The summed E-state index contributed by atoms with van der Waals surface area (Å²) in [5.41, 5.74) is 0. The standard InChI is InChI=1S/C11H19NO3S3/c1-2-3-4-5-6-7-8-18(14,15)12-10(13)9-17-11(12)16/h2-9H2,1H3. The van der Waals surface area contributed by atoms with Gasteiger partial charge in [-0.3, -0.25) is 4.79 Å². The monoisotopic (exact) mass is 309 g/mol. The minimum Gasteiger partial charge on any atom is -0.272 e. The molecule has 0 aromatic carbocycles. The summed E-state index contributed by atoms with van der Waals surface area (Å²) in [7, 11) is -3.53. The lowest BCUT2D eigenvalue weighted by Crippen LogP contribution is -2.36. The van der Waals surface area contributed by atoms with E-state index in [-0.39, 0.29) is 15.8 Å². The summed E-state index contributed by atoms with van der Waals surface area (Å²) in [6.07, 6.45) is 6.05. The molecule has 0 aromatic rings. The Labute approximate surface area is 119 Å². The summed E-state index contributed by atoms with van der Waals surface area (Å²) in [6, 6.07) is 0. The second kappa shape index (κ2) is 7.45. The van der Waals surface area contributed by atoms with Crippen LogP contribution in [0.4, 0.5) is 0 Å². The van der Waals surface area contributed by atoms with E-state index in [4.69, 9.17) is 12.2 Å². The van der Waals surface area contributed by atoms with Gasteiger partial charge in [-0.15, -0.1) is 0 Å². The minimum atomic E-state index is -3.53. The molecule has 0 unspecified atom stereocenters. The van der Waals surface area contributed by atoms with Gasteiger partial charge in [0.2, 0.25) is 10.0 Å². The van der Waals surface area contributed by atoms with Crippen molar-refractivity contribution in [2.45, 2.75) is 45.4 Å². The topological polar surface area (TPSA) is 54.5 Å². The zero-order valence-corrected chi connectivity index (χ0v) is 13.0. The molecule has 1 rings (SSSR count). The molecule has 0 spiro atoms. The lowest BCUT2D eigenvalue weighted by atomic mass is 10.1. The van der Waals surface area contributed by atoms with Crippen LogP contribution in [-0.2, 0) is 14.8 Å². The molecule has 1 aliphatic rings. The number of sulfonamides is 1. The van der Waals surface area contributed by atoms with Gasteiger partial charge in [-0.05, 0) is 6.42 Å². The Morgan fingerprint density at radius 1 is 1.22 bits per heavy atom. The van der Waals surface area contributed by atoms with E-state index in [1.807, 2.05) is 0 Å². The number of hydrogen-bond donors (Lipinski definition) is 0. The van der Waals surface area contributed by atoms with Gasteiger partial charge in [0.1, 0.15) is 0 Å². The number of rotatable bonds is 8. The van der Waals surface area contributed by atoms with Crippen molar-refractivity contribution in [3.63, 3.8) is 0 Å². The molecule has 1 saturated heterocycles. The molecule has 104 valence electrons. The Morgan fingerprint density at radius 2 is 1.83 bits per heavy atom. The van der Waals surface area contributed by atoms with Crippen molar-refractivity contribution in [3.05, 3.63) is 0 Å². The molecule has 4 nitrogen and oxygen atoms in total. The number of thioether (sulfide) groups is 1. The molecular formula is C11H19NO3S3. The average Bonchev–Trinajstić information content (AvgIpc) is 2.64. The number of carbonyl (C=O) groups excluding carboxylic acids is 1. The van der Waals surface area contributed by atoms with E-state index in [0.29, 0.717) is 6.42 Å². The van der Waals surface area contributed by atoms with E-state index in [1.54, 1.807) is 0 Å². The zero-order valence-electron chi connectivity index (χ0n) is 10.6. The summed E-state index contributed by atoms with van der Waals surface area (Å²) in [5, 5.41) is 0. The summed E-state index contributed by atoms with van der Waals surface area (Å²) in [6.45, 7) is 2.14. The number of thiocarbonyl (C=S) groups is 1. The molecule has 7 heteroatoms. The Balaban J connectivity index is 2.36. The van der Waals surface area contributed by atoms with Crippen LogP contribution < -0.4 is 0 Å². The molecule has 0 bridgehead atoms. The van der Waals surface area contributed by atoms with E-state index in [9.17, 15) is 13.2 Å². The Bertz CT molecular complexity index is 390. The maximum absolute atomic E-state index is 11.9. The van der Waals surface area contributed by atoms with Crippen molar-refractivity contribution >= 4 is 44.2 Å². The van der Waals surface area contributed by atoms with Crippen molar-refractivity contribution in [1.82, 2.24) is 4.31 Å². The molecule has 0 radical (unpaired) electrons. The van der Waals surface area contributed by atoms with Gasteiger partial charge in [0.25, 0.3) is 5.91 Å². The van der Waals surface area contributed by atoms with Crippen LogP contribution in [0.15, 0.2) is 0 Å². The number of hydrogen-bond acceptors (Lipinski definition) is 5. The van der Waals surface area contributed by atoms with E-state index in [1.165, 1.54) is 12.8 Å². The zero-order chi connectivity index (χ0) is 13.6. The Kier molecular flexibility index (Phi) is 6.59. The molecule has 18 heavy (non-hydrogen) atoms. The lowest BCUT2D eigenvalue weighted by Gasteiger charge is -2.14. The van der Waals surface area contributed by atoms with Gasteiger partial charge in [-0.1, -0.05) is 63.0 Å². The van der Waals surface area contributed by atoms with Gasteiger partial charge in [0, 0.05) is 0 Å². The fraction of sp³-hybridized carbons (Fsp3) is 0.818. The van der Waals surface area contributed by atoms with Crippen LogP contribution in [-0.4, -0.2) is 34.5 Å². The van der Waals surface area contributed by atoms with Gasteiger partial charge in [0.05, 0.1) is 11.5 Å². The number of unbranched alkanes of at least 4 members (excludes halogenated alkanes) is 5. The number of amides is 1. The van der Waals surface area contributed by atoms with E-state index in [0.717, 1.165) is 35.3 Å². The second-order valence-electron chi connectivity index (χ2n) is 4.30. The summed E-state index contributed by atoms with van der Waals surface area (Å²) >= 11 is 6.01. The first-order chi connectivity index (χ1) is 8.49. The maximum atomic E-state index is 11.9. The highest BCUT2D eigenvalue weighted by Crippen LogP contribution is 2.23. The molecular weight excluding hydrogens is 290 g/mol. The molecule has 0 N–H and O–H groups in total. The fourth-order valence-electron chi connectivity index (χ4n) is 1.77. The van der Waals surface area contributed by atoms with Crippen molar-refractivity contribution in [2.75, 3.05) is 11.5 Å². The first kappa shape index (κ1) is 15.9. The highest BCUT2D eigenvalue weighted by molar-refractivity contribution is 8.25. The highest BCUT2D eigenvalue weighted by atomic mass is 32.2. The van der Waals surface area contributed by atoms with Crippen molar-refractivity contribution in [3.8, 4) is 0 Å². The fourth-order valence-corrected chi connectivity index (χ4v) is 4.92. The second-order valence-corrected chi connectivity index (χ2v) is 7.84. The van der Waals surface area contributed by atoms with Gasteiger partial charge in [-0.2, -0.15) is 4.31 Å². The molecule has 1 fully saturated rings. The molecule has 0 aliphatic carbocycles. The average molecular weight is 309 g/mol. The maximum Gasteiger partial charge on any atom is 0.252 e. The predicted molar refractivity (Wildman–Crippen MR) is 79.1 cm³/mol. The van der Waals surface area contributed by atoms with Crippen molar-refractivity contribution < 1.29 is 13.2 Å². The van der Waals surface area contributed by atoms with Gasteiger partial charge >= 0.3 is 0 Å². The Morgan fingerprint density at radius 3 is 2.39 bits per heavy atom. The SMILES string of the molecule is CCCCCCCCS(=O)(=O)N1C(=O)CSC1=S. The third-order valence-corrected chi connectivity index (χ3v) is 6.08. The minimum absolute atomic E-state index is 0.0194. The highest BCUT2D eigenvalue weighted by Gasteiger charge is 2.36. The predicted octanol–water partition coefficient (Wildman–Crippen LogP) is 2.54. The molecule has 0 saturated carbocycles. The molecule has 1 aliphatic heterocycles. The quantitative estimate of drug-likeness (QED) is 0.509. The summed E-state index contributed by atoms with van der Waals surface area (Å²) in [4.78, 5) is 11.4. The summed E-state index contributed by atoms with van der Waals surface area (Å²) in [5.74, 6) is -0.240. The molecule has 1 heterocycles. The Hall–Kier alpha value is -0.140. The number of nitrogens with zero attached hydrogens (tertiary/aromatic N) is 1. The van der Waals surface area contributed by atoms with E-state index >= 15 is 0 Å². The number of carbonyl (C=O) groups is 1. The third-order valence-electron chi connectivity index (χ3n) is 2.75. The third kappa shape index (κ3) is 4.51. The van der Waals surface area contributed by atoms with Crippen LogP contribution in [0.1, 0.15) is 45.4 Å². The largest absolute Gasteiger partial charge is 0.272 e.